The zero-order chi connectivity index (χ0) is 23.4. The lowest BCUT2D eigenvalue weighted by atomic mass is 9.47. The fraction of sp³-hybridized carbons (Fsp3) is 0.897. The van der Waals surface area contributed by atoms with Crippen LogP contribution in [0.3, 0.4) is 0 Å². The second kappa shape index (κ2) is 11.0. The van der Waals surface area contributed by atoms with Crippen LogP contribution in [0.25, 0.3) is 0 Å². The van der Waals surface area contributed by atoms with E-state index in [0.717, 1.165) is 49.4 Å². The van der Waals surface area contributed by atoms with Crippen molar-refractivity contribution in [1.29, 1.82) is 0 Å². The smallest absolute Gasteiger partial charge is 0.129 e. The van der Waals surface area contributed by atoms with E-state index in [1.54, 1.807) is 12.5 Å². The minimum Gasteiger partial charge on any atom is -0.393 e. The van der Waals surface area contributed by atoms with Crippen molar-refractivity contribution in [3.8, 4) is 0 Å². The molecule has 2 nitrogen and oxygen atoms in total. The Morgan fingerprint density at radius 2 is 1.74 bits per heavy atom. The average molecular weight is 433 g/mol. The van der Waals surface area contributed by atoms with E-state index in [-0.39, 0.29) is 6.10 Å². The lowest BCUT2D eigenvalue weighted by Crippen LogP contribution is -2.50. The van der Waals surface area contributed by atoms with Crippen LogP contribution >= 0.6 is 0 Å². The van der Waals surface area contributed by atoms with Gasteiger partial charge in [-0.3, -0.25) is 0 Å². The van der Waals surface area contributed by atoms with Crippen LogP contribution in [-0.2, 0) is 4.79 Å². The Morgan fingerprint density at radius 1 is 1.06 bits per heavy atom. The van der Waals surface area contributed by atoms with Crippen molar-refractivity contribution in [2.75, 3.05) is 0 Å². The van der Waals surface area contributed by atoms with Crippen molar-refractivity contribution >= 4 is 5.78 Å². The molecule has 3 fully saturated rings. The highest BCUT2D eigenvalue weighted by Gasteiger charge is 2.59. The van der Waals surface area contributed by atoms with Crippen molar-refractivity contribution < 1.29 is 9.90 Å². The van der Waals surface area contributed by atoms with E-state index in [0.29, 0.717) is 22.5 Å². The van der Waals surface area contributed by atoms with Gasteiger partial charge in [0.05, 0.1) is 6.10 Å². The molecule has 0 amide bonds. The molecule has 7 unspecified atom stereocenters. The minimum atomic E-state index is -0.104. The van der Waals surface area contributed by atoms with Gasteiger partial charge in [-0.05, 0) is 105 Å². The third-order valence-corrected chi connectivity index (χ3v) is 9.79. The molecule has 0 aromatic heterocycles. The Kier molecular flexibility index (Phi) is 9.44. The molecule has 0 spiro atoms. The molecule has 0 radical (unpaired) electrons. The Balaban J connectivity index is 0.000000807. The van der Waals surface area contributed by atoms with E-state index in [9.17, 15) is 9.90 Å². The lowest BCUT2D eigenvalue weighted by Gasteiger charge is -2.58. The lowest BCUT2D eigenvalue weighted by molar-refractivity contribution is -0.117. The molecule has 1 N–H and O–H groups in total. The molecule has 4 aliphatic rings. The molecule has 0 bridgehead atoms. The number of allylic oxidation sites excluding steroid dienone is 1. The highest BCUT2D eigenvalue weighted by molar-refractivity contribution is 5.75. The number of ketones is 1. The van der Waals surface area contributed by atoms with E-state index < -0.39 is 0 Å². The monoisotopic (exact) mass is 432 g/mol. The molecule has 8 atom stereocenters. The van der Waals surface area contributed by atoms with Crippen LogP contribution in [0.4, 0.5) is 0 Å². The zero-order valence-electron chi connectivity index (χ0n) is 22.0. The summed E-state index contributed by atoms with van der Waals surface area (Å²) in [5, 5.41) is 10.2. The van der Waals surface area contributed by atoms with Crippen LogP contribution in [0.5, 0.6) is 0 Å². The van der Waals surface area contributed by atoms with Gasteiger partial charge in [0.15, 0.2) is 0 Å². The first-order valence-electron chi connectivity index (χ1n) is 13.6. The van der Waals surface area contributed by atoms with Crippen LogP contribution in [0.2, 0.25) is 0 Å². The van der Waals surface area contributed by atoms with Gasteiger partial charge in [0.2, 0.25) is 0 Å². The number of fused-ring (bicyclic) bond motifs is 5. The fourth-order valence-electron chi connectivity index (χ4n) is 8.25. The molecule has 2 heteroatoms. The zero-order valence-corrected chi connectivity index (χ0v) is 22.0. The highest BCUT2D eigenvalue weighted by Crippen LogP contribution is 2.67. The Labute approximate surface area is 193 Å². The number of carbonyl (C=O) groups excluding carboxylic acids is 1. The summed E-state index contributed by atoms with van der Waals surface area (Å²) in [4.78, 5) is 11.5. The number of aliphatic hydroxyl groups excluding tert-OH is 1. The van der Waals surface area contributed by atoms with Crippen LogP contribution in [-0.4, -0.2) is 17.0 Å². The van der Waals surface area contributed by atoms with Crippen molar-refractivity contribution in [2.24, 2.45) is 40.4 Å². The summed E-state index contributed by atoms with van der Waals surface area (Å²) in [6.07, 6.45) is 14.1. The Hall–Kier alpha value is -0.630. The summed E-state index contributed by atoms with van der Waals surface area (Å²) < 4.78 is 0. The molecule has 0 aromatic carbocycles. The summed E-state index contributed by atoms with van der Waals surface area (Å²) in [6.45, 7) is 17.3. The molecule has 0 aromatic rings. The van der Waals surface area contributed by atoms with E-state index >= 15 is 0 Å². The molecular formula is C29H52O2. The van der Waals surface area contributed by atoms with Crippen molar-refractivity contribution in [3.05, 3.63) is 11.6 Å². The van der Waals surface area contributed by atoms with Gasteiger partial charge in [0.25, 0.3) is 0 Å². The second-order valence-electron chi connectivity index (χ2n) is 11.1. The van der Waals surface area contributed by atoms with Crippen molar-refractivity contribution in [1.82, 2.24) is 0 Å². The first-order valence-corrected chi connectivity index (χ1v) is 13.6. The van der Waals surface area contributed by atoms with E-state index in [1.165, 1.54) is 38.5 Å². The van der Waals surface area contributed by atoms with Gasteiger partial charge in [-0.25, -0.2) is 0 Å². The number of aliphatic hydroxyl groups is 1. The normalized spacial score (nSPS) is 41.7. The van der Waals surface area contributed by atoms with Crippen LogP contribution in [0.1, 0.15) is 120 Å². The number of Topliss-reactive ketones (excluding diaryl/α,β-unsaturated/α-hetero) is 1. The second-order valence-corrected chi connectivity index (χ2v) is 11.1. The van der Waals surface area contributed by atoms with Gasteiger partial charge < -0.3 is 9.90 Å². The summed E-state index contributed by atoms with van der Waals surface area (Å²) in [5.74, 6) is 4.36. The maximum absolute atomic E-state index is 11.5. The molecule has 4 rings (SSSR count). The summed E-state index contributed by atoms with van der Waals surface area (Å²) in [6, 6.07) is 0. The third kappa shape index (κ3) is 4.99. The highest BCUT2D eigenvalue weighted by atomic mass is 16.3. The van der Waals surface area contributed by atoms with Gasteiger partial charge in [-0.15, -0.1) is 0 Å². The van der Waals surface area contributed by atoms with Gasteiger partial charge in [0.1, 0.15) is 5.78 Å². The maximum Gasteiger partial charge on any atom is 0.129 e. The summed E-state index contributed by atoms with van der Waals surface area (Å²) >= 11 is 0. The quantitative estimate of drug-likeness (QED) is 0.457. The molecule has 0 heterocycles. The van der Waals surface area contributed by atoms with Crippen LogP contribution in [0, 0.1) is 40.4 Å². The number of hydrogen-bond acceptors (Lipinski definition) is 2. The van der Waals surface area contributed by atoms with Crippen molar-refractivity contribution in [3.63, 3.8) is 0 Å². The topological polar surface area (TPSA) is 37.3 Å². The largest absolute Gasteiger partial charge is 0.393 e. The number of rotatable bonds is 4. The predicted molar refractivity (Wildman–Crippen MR) is 133 cm³/mol. The molecule has 180 valence electrons. The van der Waals surface area contributed by atoms with Crippen molar-refractivity contribution in [2.45, 2.75) is 126 Å². The van der Waals surface area contributed by atoms with Crippen LogP contribution in [0.15, 0.2) is 11.6 Å². The van der Waals surface area contributed by atoms with E-state index in [2.05, 4.69) is 26.8 Å². The van der Waals surface area contributed by atoms with E-state index in [1.807, 2.05) is 27.7 Å². The third-order valence-electron chi connectivity index (χ3n) is 9.79. The summed E-state index contributed by atoms with van der Waals surface area (Å²) in [7, 11) is 0. The minimum absolute atomic E-state index is 0.104. The molecule has 31 heavy (non-hydrogen) atoms. The number of hydrogen-bond donors (Lipinski definition) is 1. The Bertz CT molecular complexity index is 622. The molecule has 4 aliphatic carbocycles. The van der Waals surface area contributed by atoms with Gasteiger partial charge in [-0.1, -0.05) is 60.1 Å². The van der Waals surface area contributed by atoms with Gasteiger partial charge in [-0.2, -0.15) is 0 Å². The standard InChI is InChI=1S/C25H40O2.2C2H6/c1-16(5-6-17(2)26)21-9-10-22-20-8-7-18-15-19(27)11-13-24(18,3)23(20)12-14-25(21,22)4;2*1-2/h7,16,19-23,27H,5-6,8-15H2,1-4H3;2*1-2H3/t16-,19?,20?,21?,22?,23?,24?,25?;;/m1../s1. The maximum atomic E-state index is 11.5. The molecular weight excluding hydrogens is 380 g/mol. The van der Waals surface area contributed by atoms with E-state index in [4.69, 9.17) is 0 Å². The van der Waals surface area contributed by atoms with Crippen LogP contribution < -0.4 is 0 Å². The SMILES string of the molecule is CC.CC.CC(=O)CC[C@@H](C)C1CCC2C3CC=C4CC(O)CCC4(C)C3CCC21C. The first kappa shape index (κ1) is 26.6. The molecule has 0 aliphatic heterocycles. The molecule has 3 saturated carbocycles. The number of carbonyl (C=O) groups is 1. The average Bonchev–Trinajstić information content (AvgIpc) is 3.12. The molecule has 0 saturated heterocycles. The van der Waals surface area contributed by atoms with Gasteiger partial charge in [0, 0.05) is 6.42 Å². The summed E-state index contributed by atoms with van der Waals surface area (Å²) in [5.41, 5.74) is 2.41. The predicted octanol–water partition coefficient (Wildman–Crippen LogP) is 7.98. The Morgan fingerprint density at radius 3 is 2.39 bits per heavy atom. The fourth-order valence-corrected chi connectivity index (χ4v) is 8.25. The van der Waals surface area contributed by atoms with Gasteiger partial charge >= 0.3 is 0 Å². The first-order chi connectivity index (χ1) is 14.8.